The quantitative estimate of drug-likeness (QED) is 0.551. The highest BCUT2D eigenvalue weighted by Gasteiger charge is 2.28. The van der Waals surface area contributed by atoms with Crippen molar-refractivity contribution >= 4 is 34.5 Å². The molecule has 0 bridgehead atoms. The number of halogens is 1. The van der Waals surface area contributed by atoms with Gasteiger partial charge >= 0.3 is 0 Å². The maximum Gasteiger partial charge on any atom is 0.225 e. The molecule has 0 spiro atoms. The SMILES string of the molecule is CCOc1cc([C@@H]2CC(=O)Nc3ccsc32)ccc1OCc1ccc(Cl)cc1. The zero-order valence-electron chi connectivity index (χ0n) is 15.4. The molecular formula is C22H20ClNO3S. The second-order valence-corrected chi connectivity index (χ2v) is 7.94. The largest absolute Gasteiger partial charge is 0.490 e. The fraction of sp³-hybridized carbons (Fsp3) is 0.227. The van der Waals surface area contributed by atoms with Crippen molar-refractivity contribution in [2.24, 2.45) is 0 Å². The number of anilines is 1. The minimum Gasteiger partial charge on any atom is -0.490 e. The molecule has 28 heavy (non-hydrogen) atoms. The maximum atomic E-state index is 12.1. The fourth-order valence-corrected chi connectivity index (χ4v) is 4.42. The fourth-order valence-electron chi connectivity index (χ4n) is 3.31. The van der Waals surface area contributed by atoms with Crippen LogP contribution < -0.4 is 14.8 Å². The van der Waals surface area contributed by atoms with Crippen LogP contribution in [-0.2, 0) is 11.4 Å². The number of hydrogen-bond acceptors (Lipinski definition) is 4. The number of benzene rings is 2. The molecule has 0 saturated heterocycles. The summed E-state index contributed by atoms with van der Waals surface area (Å²) in [6.45, 7) is 2.91. The molecule has 0 unspecified atom stereocenters. The first kappa shape index (κ1) is 18.8. The molecule has 2 aromatic carbocycles. The van der Waals surface area contributed by atoms with E-state index < -0.39 is 0 Å². The predicted molar refractivity (Wildman–Crippen MR) is 113 cm³/mol. The molecule has 1 aromatic heterocycles. The molecule has 1 atom stereocenters. The van der Waals surface area contributed by atoms with Gasteiger partial charge in [0.1, 0.15) is 6.61 Å². The Morgan fingerprint density at radius 1 is 1.11 bits per heavy atom. The average Bonchev–Trinajstić information content (AvgIpc) is 3.16. The lowest BCUT2D eigenvalue weighted by Crippen LogP contribution is -2.22. The van der Waals surface area contributed by atoms with Gasteiger partial charge < -0.3 is 14.8 Å². The lowest BCUT2D eigenvalue weighted by molar-refractivity contribution is -0.116. The van der Waals surface area contributed by atoms with Crippen LogP contribution in [0.2, 0.25) is 5.02 Å². The molecule has 3 aromatic rings. The summed E-state index contributed by atoms with van der Waals surface area (Å²) in [6, 6.07) is 15.5. The Bertz CT molecular complexity index is 984. The van der Waals surface area contributed by atoms with Crippen LogP contribution in [0.4, 0.5) is 5.69 Å². The normalized spacial score (nSPS) is 15.6. The predicted octanol–water partition coefficient (Wildman–Crippen LogP) is 5.85. The van der Waals surface area contributed by atoms with E-state index in [2.05, 4.69) is 5.32 Å². The number of fused-ring (bicyclic) bond motifs is 1. The Morgan fingerprint density at radius 2 is 1.93 bits per heavy atom. The van der Waals surface area contributed by atoms with Gasteiger partial charge in [0.2, 0.25) is 5.91 Å². The van der Waals surface area contributed by atoms with Gasteiger partial charge in [0.15, 0.2) is 11.5 Å². The van der Waals surface area contributed by atoms with Crippen molar-refractivity contribution in [3.05, 3.63) is 74.9 Å². The molecule has 4 rings (SSSR count). The first-order chi connectivity index (χ1) is 13.6. The number of carbonyl (C=O) groups is 1. The van der Waals surface area contributed by atoms with Crippen molar-refractivity contribution in [1.82, 2.24) is 0 Å². The van der Waals surface area contributed by atoms with Gasteiger partial charge in [-0.05, 0) is 53.8 Å². The average molecular weight is 414 g/mol. The van der Waals surface area contributed by atoms with Crippen molar-refractivity contribution in [3.8, 4) is 11.5 Å². The third kappa shape index (κ3) is 4.01. The second kappa shape index (κ2) is 8.25. The van der Waals surface area contributed by atoms with Crippen LogP contribution in [0.15, 0.2) is 53.9 Å². The number of nitrogens with one attached hydrogen (secondary N) is 1. The number of hydrogen-bond donors (Lipinski definition) is 1. The standard InChI is InChI=1S/C22H20ClNO3S/c1-2-26-20-11-15(17-12-21(25)24-18-9-10-28-22(17)18)5-8-19(20)27-13-14-3-6-16(23)7-4-14/h3-11,17H,2,12-13H2,1H3,(H,24,25)/t17-/m0/s1. The van der Waals surface area contributed by atoms with Crippen molar-refractivity contribution < 1.29 is 14.3 Å². The molecule has 0 aliphatic carbocycles. The van der Waals surface area contributed by atoms with Crippen LogP contribution in [0, 0.1) is 0 Å². The summed E-state index contributed by atoms with van der Waals surface area (Å²) in [7, 11) is 0. The molecule has 144 valence electrons. The van der Waals surface area contributed by atoms with E-state index in [1.807, 2.05) is 60.8 Å². The number of rotatable bonds is 6. The summed E-state index contributed by atoms with van der Waals surface area (Å²) < 4.78 is 11.8. The first-order valence-corrected chi connectivity index (χ1v) is 10.4. The number of ether oxygens (including phenoxy) is 2. The van der Waals surface area contributed by atoms with Gasteiger partial charge in [-0.15, -0.1) is 11.3 Å². The highest BCUT2D eigenvalue weighted by Crippen LogP contribution is 2.42. The van der Waals surface area contributed by atoms with Gasteiger partial charge in [0.25, 0.3) is 0 Å². The van der Waals surface area contributed by atoms with E-state index in [4.69, 9.17) is 21.1 Å². The first-order valence-electron chi connectivity index (χ1n) is 9.15. The Balaban J connectivity index is 1.59. The summed E-state index contributed by atoms with van der Waals surface area (Å²) in [5.74, 6) is 1.45. The summed E-state index contributed by atoms with van der Waals surface area (Å²) in [5, 5.41) is 5.65. The van der Waals surface area contributed by atoms with E-state index in [-0.39, 0.29) is 11.8 Å². The lowest BCUT2D eigenvalue weighted by Gasteiger charge is -2.24. The molecule has 1 aliphatic heterocycles. The Kier molecular flexibility index (Phi) is 5.55. The van der Waals surface area contributed by atoms with Crippen molar-refractivity contribution in [1.29, 1.82) is 0 Å². The molecule has 0 saturated carbocycles. The summed E-state index contributed by atoms with van der Waals surface area (Å²) in [5.41, 5.74) is 3.00. The summed E-state index contributed by atoms with van der Waals surface area (Å²) in [6.07, 6.45) is 0.435. The molecule has 0 radical (unpaired) electrons. The molecule has 1 N–H and O–H groups in total. The summed E-state index contributed by atoms with van der Waals surface area (Å²) >= 11 is 7.60. The van der Waals surface area contributed by atoms with E-state index in [1.165, 1.54) is 4.88 Å². The van der Waals surface area contributed by atoms with E-state index in [0.29, 0.717) is 36.2 Å². The monoisotopic (exact) mass is 413 g/mol. The molecule has 0 fully saturated rings. The zero-order chi connectivity index (χ0) is 19.5. The van der Waals surface area contributed by atoms with E-state index >= 15 is 0 Å². The molecule has 6 heteroatoms. The Morgan fingerprint density at radius 3 is 2.71 bits per heavy atom. The Labute approximate surface area is 173 Å². The minimum atomic E-state index is 0.0354. The number of carbonyl (C=O) groups excluding carboxylic acids is 1. The van der Waals surface area contributed by atoms with Crippen LogP contribution in [0.1, 0.15) is 35.3 Å². The van der Waals surface area contributed by atoms with Crippen molar-refractivity contribution in [2.75, 3.05) is 11.9 Å². The van der Waals surface area contributed by atoms with E-state index in [0.717, 1.165) is 16.8 Å². The van der Waals surface area contributed by atoms with Crippen LogP contribution in [-0.4, -0.2) is 12.5 Å². The topological polar surface area (TPSA) is 47.6 Å². The van der Waals surface area contributed by atoms with Crippen LogP contribution in [0.25, 0.3) is 0 Å². The summed E-state index contributed by atoms with van der Waals surface area (Å²) in [4.78, 5) is 13.3. The van der Waals surface area contributed by atoms with Crippen LogP contribution >= 0.6 is 22.9 Å². The van der Waals surface area contributed by atoms with Gasteiger partial charge in [0, 0.05) is 22.2 Å². The number of amides is 1. The van der Waals surface area contributed by atoms with Crippen molar-refractivity contribution in [2.45, 2.75) is 25.9 Å². The number of thiophene rings is 1. The van der Waals surface area contributed by atoms with E-state index in [9.17, 15) is 4.79 Å². The minimum absolute atomic E-state index is 0.0354. The highest BCUT2D eigenvalue weighted by molar-refractivity contribution is 7.10. The lowest BCUT2D eigenvalue weighted by atomic mass is 9.90. The molecule has 2 heterocycles. The second-order valence-electron chi connectivity index (χ2n) is 6.56. The third-order valence-corrected chi connectivity index (χ3v) is 5.94. The van der Waals surface area contributed by atoms with Gasteiger partial charge in [-0.3, -0.25) is 4.79 Å². The molecule has 1 amide bonds. The highest BCUT2D eigenvalue weighted by atomic mass is 35.5. The zero-order valence-corrected chi connectivity index (χ0v) is 17.0. The smallest absolute Gasteiger partial charge is 0.225 e. The Hall–Kier alpha value is -2.50. The van der Waals surface area contributed by atoms with Gasteiger partial charge in [0.05, 0.1) is 12.3 Å². The van der Waals surface area contributed by atoms with Crippen LogP contribution in [0.3, 0.4) is 0 Å². The molecule has 1 aliphatic rings. The third-order valence-electron chi connectivity index (χ3n) is 4.65. The van der Waals surface area contributed by atoms with E-state index in [1.54, 1.807) is 11.3 Å². The van der Waals surface area contributed by atoms with Gasteiger partial charge in [-0.25, -0.2) is 0 Å². The maximum absolute atomic E-state index is 12.1. The van der Waals surface area contributed by atoms with Crippen molar-refractivity contribution in [3.63, 3.8) is 0 Å². The van der Waals surface area contributed by atoms with Crippen LogP contribution in [0.5, 0.6) is 11.5 Å². The molecule has 4 nitrogen and oxygen atoms in total. The molecular weight excluding hydrogens is 394 g/mol. The van der Waals surface area contributed by atoms with Gasteiger partial charge in [-0.2, -0.15) is 0 Å². The van der Waals surface area contributed by atoms with Gasteiger partial charge in [-0.1, -0.05) is 29.8 Å².